The minimum Gasteiger partial charge on any atom is -0.324 e. The molecule has 24 heavy (non-hydrogen) atoms. The molecule has 0 saturated heterocycles. The van der Waals surface area contributed by atoms with E-state index in [0.29, 0.717) is 23.3 Å². The molecule has 1 aliphatic heterocycles. The van der Waals surface area contributed by atoms with Crippen molar-refractivity contribution in [3.8, 4) is 0 Å². The number of rotatable bonds is 4. The average Bonchev–Trinajstić information content (AvgIpc) is 3.26. The third-order valence-electron chi connectivity index (χ3n) is 4.93. The first kappa shape index (κ1) is 16.1. The van der Waals surface area contributed by atoms with Gasteiger partial charge in [-0.2, -0.15) is 0 Å². The number of hydrogen-bond acceptors (Lipinski definition) is 3. The van der Waals surface area contributed by atoms with Crippen LogP contribution in [-0.2, 0) is 11.2 Å². The van der Waals surface area contributed by atoms with Crippen LogP contribution in [0.3, 0.4) is 0 Å². The number of fused-ring (bicyclic) bond motifs is 1. The average molecular weight is 361 g/mol. The van der Waals surface area contributed by atoms with E-state index in [1.54, 1.807) is 0 Å². The fourth-order valence-electron chi connectivity index (χ4n) is 3.64. The van der Waals surface area contributed by atoms with Gasteiger partial charge in [-0.1, -0.05) is 17.7 Å². The molecule has 3 nitrogen and oxygen atoms in total. The lowest BCUT2D eigenvalue weighted by atomic mass is 9.96. The van der Waals surface area contributed by atoms with E-state index in [0.717, 1.165) is 24.4 Å². The standard InChI is InChI=1S/C19H21ClN2OS/c1-12-2-5-16(15(20)10-12)21-18(23)11-22-8-6-17-14(7-9-24-17)19(22)13-3-4-13/h2,5,7,9-10,13,19H,3-4,6,8,11H2,1H3,(H,21,23)/t19-/m0/s1. The molecule has 1 fully saturated rings. The van der Waals surface area contributed by atoms with Crippen molar-refractivity contribution >= 4 is 34.5 Å². The van der Waals surface area contributed by atoms with Crippen LogP contribution < -0.4 is 5.32 Å². The summed E-state index contributed by atoms with van der Waals surface area (Å²) in [6.07, 6.45) is 3.61. The fraction of sp³-hybridized carbons (Fsp3) is 0.421. The Morgan fingerprint density at radius 1 is 1.38 bits per heavy atom. The topological polar surface area (TPSA) is 32.3 Å². The van der Waals surface area contributed by atoms with Crippen LogP contribution in [0.4, 0.5) is 5.69 Å². The van der Waals surface area contributed by atoms with Crippen molar-refractivity contribution in [2.24, 2.45) is 5.92 Å². The number of nitrogens with zero attached hydrogens (tertiary/aromatic N) is 1. The Kier molecular flexibility index (Phi) is 4.37. The smallest absolute Gasteiger partial charge is 0.238 e. The van der Waals surface area contributed by atoms with Crippen LogP contribution in [0.15, 0.2) is 29.6 Å². The van der Waals surface area contributed by atoms with Crippen molar-refractivity contribution in [1.82, 2.24) is 4.90 Å². The zero-order chi connectivity index (χ0) is 16.7. The van der Waals surface area contributed by atoms with E-state index < -0.39 is 0 Å². The van der Waals surface area contributed by atoms with Crippen molar-refractivity contribution in [3.63, 3.8) is 0 Å². The van der Waals surface area contributed by atoms with Crippen LogP contribution in [-0.4, -0.2) is 23.9 Å². The Bertz CT molecular complexity index is 768. The van der Waals surface area contributed by atoms with Crippen molar-refractivity contribution < 1.29 is 4.79 Å². The highest BCUT2D eigenvalue weighted by Crippen LogP contribution is 2.48. The maximum Gasteiger partial charge on any atom is 0.238 e. The first-order valence-electron chi connectivity index (χ1n) is 8.48. The number of halogens is 1. The zero-order valence-electron chi connectivity index (χ0n) is 13.7. The summed E-state index contributed by atoms with van der Waals surface area (Å²) in [6.45, 7) is 3.38. The Labute approximate surface area is 151 Å². The number of benzene rings is 1. The third kappa shape index (κ3) is 3.23. The molecule has 0 radical (unpaired) electrons. The van der Waals surface area contributed by atoms with Crippen LogP contribution in [0, 0.1) is 12.8 Å². The molecule has 0 unspecified atom stereocenters. The highest BCUT2D eigenvalue weighted by atomic mass is 35.5. The van der Waals surface area contributed by atoms with E-state index in [2.05, 4.69) is 21.7 Å². The number of carbonyl (C=O) groups excluding carboxylic acids is 1. The van der Waals surface area contributed by atoms with Crippen molar-refractivity contribution in [2.75, 3.05) is 18.4 Å². The molecular weight excluding hydrogens is 340 g/mol. The van der Waals surface area contributed by atoms with Crippen LogP contribution in [0.5, 0.6) is 0 Å². The summed E-state index contributed by atoms with van der Waals surface area (Å²) in [5, 5.41) is 5.76. The van der Waals surface area contributed by atoms with Gasteiger partial charge in [-0.25, -0.2) is 0 Å². The summed E-state index contributed by atoms with van der Waals surface area (Å²) in [6, 6.07) is 8.39. The second kappa shape index (κ2) is 6.51. The van der Waals surface area contributed by atoms with Gasteiger partial charge in [-0.3, -0.25) is 9.69 Å². The van der Waals surface area contributed by atoms with Gasteiger partial charge in [0.2, 0.25) is 5.91 Å². The first-order chi connectivity index (χ1) is 11.6. The number of carbonyl (C=O) groups is 1. The number of thiophene rings is 1. The molecule has 2 heterocycles. The molecule has 2 aromatic rings. The van der Waals surface area contributed by atoms with Gasteiger partial charge < -0.3 is 5.32 Å². The van der Waals surface area contributed by atoms with Gasteiger partial charge in [0.1, 0.15) is 0 Å². The van der Waals surface area contributed by atoms with Gasteiger partial charge in [0.25, 0.3) is 0 Å². The van der Waals surface area contributed by atoms with Crippen LogP contribution >= 0.6 is 22.9 Å². The summed E-state index contributed by atoms with van der Waals surface area (Å²) >= 11 is 8.09. The van der Waals surface area contributed by atoms with E-state index in [1.165, 1.54) is 23.3 Å². The van der Waals surface area contributed by atoms with E-state index in [1.807, 2.05) is 36.5 Å². The molecule has 1 amide bonds. The molecule has 1 aromatic carbocycles. The molecular formula is C19H21ClN2OS. The molecule has 0 spiro atoms. The van der Waals surface area contributed by atoms with Crippen molar-refractivity contribution in [3.05, 3.63) is 50.7 Å². The second-order valence-electron chi connectivity index (χ2n) is 6.83. The Morgan fingerprint density at radius 3 is 2.96 bits per heavy atom. The molecule has 126 valence electrons. The predicted octanol–water partition coefficient (Wildman–Crippen LogP) is 4.66. The van der Waals surface area contributed by atoms with E-state index >= 15 is 0 Å². The second-order valence-corrected chi connectivity index (χ2v) is 8.24. The monoisotopic (exact) mass is 360 g/mol. The summed E-state index contributed by atoms with van der Waals surface area (Å²) in [5.74, 6) is 0.736. The maximum absolute atomic E-state index is 12.5. The molecule has 1 aromatic heterocycles. The number of aryl methyl sites for hydroxylation is 1. The normalized spacial score (nSPS) is 20.7. The molecule has 1 saturated carbocycles. The summed E-state index contributed by atoms with van der Waals surface area (Å²) in [7, 11) is 0. The summed E-state index contributed by atoms with van der Waals surface area (Å²) in [4.78, 5) is 16.4. The van der Waals surface area contributed by atoms with Gasteiger partial charge in [0.15, 0.2) is 0 Å². The van der Waals surface area contributed by atoms with Crippen molar-refractivity contribution in [1.29, 1.82) is 0 Å². The highest BCUT2D eigenvalue weighted by molar-refractivity contribution is 7.10. The zero-order valence-corrected chi connectivity index (χ0v) is 15.3. The number of nitrogens with one attached hydrogen (secondary N) is 1. The lowest BCUT2D eigenvalue weighted by Gasteiger charge is -2.35. The Morgan fingerprint density at radius 2 is 2.21 bits per heavy atom. The molecule has 0 bridgehead atoms. The number of anilines is 1. The molecule has 1 atom stereocenters. The first-order valence-corrected chi connectivity index (χ1v) is 9.74. The fourth-order valence-corrected chi connectivity index (χ4v) is 4.83. The molecule has 4 rings (SSSR count). The van der Waals surface area contributed by atoms with Gasteiger partial charge >= 0.3 is 0 Å². The summed E-state index contributed by atoms with van der Waals surface area (Å²) in [5.41, 5.74) is 3.24. The van der Waals surface area contributed by atoms with Gasteiger partial charge in [0, 0.05) is 17.5 Å². The molecule has 1 aliphatic carbocycles. The Hall–Kier alpha value is -1.36. The number of amides is 1. The molecule has 2 aliphatic rings. The quantitative estimate of drug-likeness (QED) is 0.860. The van der Waals surface area contributed by atoms with Gasteiger partial charge in [0.05, 0.1) is 17.3 Å². The lowest BCUT2D eigenvalue weighted by molar-refractivity contribution is -0.118. The predicted molar refractivity (Wildman–Crippen MR) is 99.9 cm³/mol. The van der Waals surface area contributed by atoms with Crippen LogP contribution in [0.25, 0.3) is 0 Å². The lowest BCUT2D eigenvalue weighted by Crippen LogP contribution is -2.41. The van der Waals surface area contributed by atoms with Crippen LogP contribution in [0.2, 0.25) is 5.02 Å². The van der Waals surface area contributed by atoms with Gasteiger partial charge in [-0.05, 0) is 66.8 Å². The number of hydrogen-bond donors (Lipinski definition) is 1. The summed E-state index contributed by atoms with van der Waals surface area (Å²) < 4.78 is 0. The SMILES string of the molecule is Cc1ccc(NC(=O)CN2CCc3sccc3[C@@H]2C2CC2)c(Cl)c1. The highest BCUT2D eigenvalue weighted by Gasteiger charge is 2.40. The minimum atomic E-state index is 0.0186. The molecule has 1 N–H and O–H groups in total. The minimum absolute atomic E-state index is 0.0186. The molecule has 5 heteroatoms. The third-order valence-corrected chi connectivity index (χ3v) is 6.24. The largest absolute Gasteiger partial charge is 0.324 e. The van der Waals surface area contributed by atoms with Crippen molar-refractivity contribution in [2.45, 2.75) is 32.2 Å². The van der Waals surface area contributed by atoms with E-state index in [9.17, 15) is 4.79 Å². The van der Waals surface area contributed by atoms with E-state index in [4.69, 9.17) is 11.6 Å². The van der Waals surface area contributed by atoms with Gasteiger partial charge in [-0.15, -0.1) is 11.3 Å². The van der Waals surface area contributed by atoms with E-state index in [-0.39, 0.29) is 5.91 Å². The van der Waals surface area contributed by atoms with Crippen LogP contribution in [0.1, 0.15) is 34.9 Å². The maximum atomic E-state index is 12.5. The Balaban J connectivity index is 1.47.